The number of hydrogen-bond donors (Lipinski definition) is 0. The van der Waals surface area contributed by atoms with Gasteiger partial charge in [0, 0.05) is 22.5 Å². The van der Waals surface area contributed by atoms with E-state index in [-0.39, 0.29) is 0 Å². The molecule has 0 amide bonds. The Hall–Kier alpha value is -2.88. The average Bonchev–Trinajstić information content (AvgIpc) is 3.09. The zero-order valence-corrected chi connectivity index (χ0v) is 15.6. The molecule has 0 radical (unpaired) electrons. The molecule has 0 spiro atoms. The van der Waals surface area contributed by atoms with Gasteiger partial charge in [0.2, 0.25) is 0 Å². The number of aromatic nitrogens is 2. The molecule has 4 rings (SSSR count). The van der Waals surface area contributed by atoms with E-state index in [0.29, 0.717) is 0 Å². The van der Waals surface area contributed by atoms with Crippen molar-refractivity contribution in [1.29, 1.82) is 0 Å². The van der Waals surface area contributed by atoms with Gasteiger partial charge in [0.1, 0.15) is 0 Å². The number of nitrogens with zero attached hydrogens (tertiary/aromatic N) is 2. The van der Waals surface area contributed by atoms with Crippen molar-refractivity contribution >= 4 is 23.7 Å². The number of aldehydes is 2. The number of fused-ring (bicyclic) bond motifs is 2. The largest absolute Gasteiger partial charge is 0.298 e. The van der Waals surface area contributed by atoms with Gasteiger partial charge in [-0.3, -0.25) is 19.6 Å². The molecule has 0 N–H and O–H groups in total. The molecule has 0 atom stereocenters. The Bertz CT molecular complexity index is 889. The summed E-state index contributed by atoms with van der Waals surface area (Å²) in [6.45, 7) is 7.86. The molecule has 0 saturated carbocycles. The minimum Gasteiger partial charge on any atom is -0.298 e. The minimum absolute atomic E-state index is 0.777. The topological polar surface area (TPSA) is 59.9 Å². The highest BCUT2D eigenvalue weighted by Crippen LogP contribution is 2.30. The average molecular weight is 346 g/mol. The van der Waals surface area contributed by atoms with Crippen LogP contribution in [0.3, 0.4) is 0 Å². The first-order valence-corrected chi connectivity index (χ1v) is 8.68. The fraction of sp³-hybridized carbons (Fsp3) is 0.273. The van der Waals surface area contributed by atoms with Crippen molar-refractivity contribution in [2.45, 2.75) is 40.5 Å². The summed E-state index contributed by atoms with van der Waals surface area (Å²) in [5.41, 5.74) is 9.85. The van der Waals surface area contributed by atoms with Gasteiger partial charge in [-0.1, -0.05) is 23.3 Å². The van der Waals surface area contributed by atoms with Gasteiger partial charge < -0.3 is 0 Å². The summed E-state index contributed by atoms with van der Waals surface area (Å²) in [7, 11) is 0. The van der Waals surface area contributed by atoms with E-state index < -0.39 is 0 Å². The molecule has 0 saturated heterocycles. The van der Waals surface area contributed by atoms with E-state index in [1.54, 1.807) is 0 Å². The molecular weight excluding hydrogens is 324 g/mol. The highest BCUT2D eigenvalue weighted by Gasteiger charge is 2.20. The molecule has 0 fully saturated rings. The summed E-state index contributed by atoms with van der Waals surface area (Å²) >= 11 is 0. The SMILES string of the molecule is CC1=C(C=O)c2nc(C)ccc2C1.CC1=C(C=O)c2nc(C)ccc2C1. The Labute approximate surface area is 153 Å². The third kappa shape index (κ3) is 3.27. The first-order valence-electron chi connectivity index (χ1n) is 8.68. The summed E-state index contributed by atoms with van der Waals surface area (Å²) < 4.78 is 0. The van der Waals surface area contributed by atoms with Gasteiger partial charge >= 0.3 is 0 Å². The number of hydrogen-bond acceptors (Lipinski definition) is 4. The minimum atomic E-state index is 0.777. The van der Waals surface area contributed by atoms with Crippen LogP contribution in [0.15, 0.2) is 35.4 Å². The molecule has 0 aromatic carbocycles. The number of rotatable bonds is 2. The highest BCUT2D eigenvalue weighted by molar-refractivity contribution is 6.10. The first-order chi connectivity index (χ1) is 12.4. The summed E-state index contributed by atoms with van der Waals surface area (Å²) in [6, 6.07) is 8.08. The zero-order valence-electron chi connectivity index (χ0n) is 15.6. The van der Waals surface area contributed by atoms with Gasteiger partial charge in [-0.15, -0.1) is 0 Å². The van der Waals surface area contributed by atoms with Crippen LogP contribution in [0.5, 0.6) is 0 Å². The third-order valence-electron chi connectivity index (χ3n) is 4.81. The Balaban J connectivity index is 0.000000151. The second-order valence-electron chi connectivity index (χ2n) is 6.90. The van der Waals surface area contributed by atoms with Crippen LogP contribution in [0, 0.1) is 13.8 Å². The molecular formula is C22H22N2O2. The molecule has 4 nitrogen and oxygen atoms in total. The molecule has 26 heavy (non-hydrogen) atoms. The van der Waals surface area contributed by atoms with Crippen LogP contribution in [-0.4, -0.2) is 22.5 Å². The molecule has 2 aliphatic rings. The van der Waals surface area contributed by atoms with Crippen LogP contribution in [-0.2, 0) is 22.4 Å². The maximum Gasteiger partial charge on any atom is 0.152 e. The van der Waals surface area contributed by atoms with E-state index in [2.05, 4.69) is 22.1 Å². The van der Waals surface area contributed by atoms with Crippen molar-refractivity contribution < 1.29 is 9.59 Å². The van der Waals surface area contributed by atoms with Crippen LogP contribution in [0.1, 0.15) is 47.8 Å². The van der Waals surface area contributed by atoms with Gasteiger partial charge in [-0.2, -0.15) is 0 Å². The van der Waals surface area contributed by atoms with E-state index in [4.69, 9.17) is 0 Å². The molecule has 2 aromatic heterocycles. The fourth-order valence-electron chi connectivity index (χ4n) is 3.40. The lowest BCUT2D eigenvalue weighted by molar-refractivity contribution is -0.104. The summed E-state index contributed by atoms with van der Waals surface area (Å²) in [4.78, 5) is 30.3. The summed E-state index contributed by atoms with van der Waals surface area (Å²) in [5, 5.41) is 0. The lowest BCUT2D eigenvalue weighted by atomic mass is 10.1. The van der Waals surface area contributed by atoms with E-state index >= 15 is 0 Å². The molecule has 2 aliphatic carbocycles. The van der Waals surface area contributed by atoms with Gasteiger partial charge in [0.15, 0.2) is 12.6 Å². The van der Waals surface area contributed by atoms with Crippen LogP contribution >= 0.6 is 0 Å². The normalized spacial score (nSPS) is 14.6. The Kier molecular flexibility index (Phi) is 4.94. The number of carbonyl (C=O) groups is 2. The smallest absolute Gasteiger partial charge is 0.152 e. The lowest BCUT2D eigenvalue weighted by Gasteiger charge is -1.99. The van der Waals surface area contributed by atoms with Crippen molar-refractivity contribution in [3.05, 3.63) is 69.3 Å². The molecule has 132 valence electrons. The third-order valence-corrected chi connectivity index (χ3v) is 4.81. The monoisotopic (exact) mass is 346 g/mol. The maximum atomic E-state index is 10.8. The Morgan fingerprint density at radius 3 is 1.42 bits per heavy atom. The van der Waals surface area contributed by atoms with Crippen molar-refractivity contribution in [2.24, 2.45) is 0 Å². The number of allylic oxidation sites excluding steroid dienone is 4. The molecule has 2 aromatic rings. The zero-order chi connectivity index (χ0) is 18.8. The van der Waals surface area contributed by atoms with Crippen molar-refractivity contribution in [3.8, 4) is 0 Å². The second-order valence-corrected chi connectivity index (χ2v) is 6.90. The maximum absolute atomic E-state index is 10.8. The van der Waals surface area contributed by atoms with Crippen molar-refractivity contribution in [3.63, 3.8) is 0 Å². The van der Waals surface area contributed by atoms with Crippen LogP contribution in [0.4, 0.5) is 0 Å². The Morgan fingerprint density at radius 2 is 1.08 bits per heavy atom. The molecule has 0 aliphatic heterocycles. The second kappa shape index (κ2) is 7.16. The quantitative estimate of drug-likeness (QED) is 0.775. The predicted molar refractivity (Wildman–Crippen MR) is 103 cm³/mol. The molecule has 0 unspecified atom stereocenters. The van der Waals surface area contributed by atoms with Crippen LogP contribution < -0.4 is 0 Å². The number of carbonyl (C=O) groups excluding carboxylic acids is 2. The van der Waals surface area contributed by atoms with E-state index in [0.717, 1.165) is 70.5 Å². The highest BCUT2D eigenvalue weighted by atomic mass is 16.1. The van der Waals surface area contributed by atoms with Crippen molar-refractivity contribution in [1.82, 2.24) is 9.97 Å². The first kappa shape index (κ1) is 17.9. The van der Waals surface area contributed by atoms with Gasteiger partial charge in [0.25, 0.3) is 0 Å². The lowest BCUT2D eigenvalue weighted by Crippen LogP contribution is -1.92. The van der Waals surface area contributed by atoms with Crippen LogP contribution in [0.2, 0.25) is 0 Å². The predicted octanol–water partition coefficient (Wildman–Crippen LogP) is 3.84. The number of pyridine rings is 2. The van der Waals surface area contributed by atoms with E-state index in [1.807, 2.05) is 39.8 Å². The molecule has 0 bridgehead atoms. The van der Waals surface area contributed by atoms with E-state index in [1.165, 1.54) is 11.1 Å². The van der Waals surface area contributed by atoms with Gasteiger partial charge in [-0.25, -0.2) is 0 Å². The van der Waals surface area contributed by atoms with Gasteiger partial charge in [-0.05, 0) is 63.8 Å². The molecule has 2 heterocycles. The van der Waals surface area contributed by atoms with E-state index in [9.17, 15) is 9.59 Å². The van der Waals surface area contributed by atoms with Crippen molar-refractivity contribution in [2.75, 3.05) is 0 Å². The standard InChI is InChI=1S/2C11H11NO/c2*1-7-5-9-4-3-8(2)12-11(9)10(7)6-13/h2*3-4,6H,5H2,1-2H3. The summed E-state index contributed by atoms with van der Waals surface area (Å²) in [6.07, 6.45) is 3.56. The van der Waals surface area contributed by atoms with Gasteiger partial charge in [0.05, 0.1) is 11.4 Å². The fourth-order valence-corrected chi connectivity index (χ4v) is 3.40. The molecule has 4 heteroatoms. The summed E-state index contributed by atoms with van der Waals surface area (Å²) in [5.74, 6) is 0. The number of aryl methyl sites for hydroxylation is 2. The Morgan fingerprint density at radius 1 is 0.692 bits per heavy atom. The van der Waals surface area contributed by atoms with Crippen LogP contribution in [0.25, 0.3) is 11.1 Å².